The molecule has 0 aliphatic carbocycles. The average molecular weight is 578 g/mol. The molecule has 0 spiro atoms. The standard InChI is InChI=1S/C24H35N3O6.C4H4O4/c1-7-32-21(29)18(14-13-17-11-9-8-10-12-17)25-16(2)20(28)27-19(15-26(6)23(27)31)22(30)33-24(3,4)5;5-3(6)1-2-4(7)8/h8-12,16,18-19,25H,7,13-15H2,1-6H3;1-2H,(H,5,6)(H,7,8)/b;2-1-/t16-,18-,19-;/m0./s1. The number of carboxylic acid groups (broad SMARTS) is 2. The highest BCUT2D eigenvalue weighted by Crippen LogP contribution is 2.20. The van der Waals surface area contributed by atoms with Crippen LogP contribution in [-0.2, 0) is 39.9 Å². The number of ether oxygens (including phenoxy) is 2. The maximum atomic E-state index is 13.2. The number of likely N-dealkylation sites (N-methyl/N-ethyl adjacent to an activating group) is 1. The Morgan fingerprint density at radius 1 is 1.07 bits per heavy atom. The molecule has 1 aromatic rings. The minimum absolute atomic E-state index is 0.0432. The lowest BCUT2D eigenvalue weighted by molar-refractivity contribution is -0.162. The zero-order valence-electron chi connectivity index (χ0n) is 24.2. The second kappa shape index (κ2) is 16.1. The number of carbonyl (C=O) groups excluding carboxylic acids is 4. The van der Waals surface area contributed by atoms with E-state index in [2.05, 4.69) is 5.32 Å². The molecule has 0 saturated carbocycles. The zero-order chi connectivity index (χ0) is 31.3. The van der Waals surface area contributed by atoms with E-state index in [1.165, 1.54) is 11.9 Å². The van der Waals surface area contributed by atoms with Gasteiger partial charge in [0, 0.05) is 19.2 Å². The van der Waals surface area contributed by atoms with E-state index in [0.717, 1.165) is 10.5 Å². The van der Waals surface area contributed by atoms with Crippen molar-refractivity contribution in [2.45, 2.75) is 71.2 Å². The lowest BCUT2D eigenvalue weighted by atomic mass is 10.0. The third-order valence-electron chi connectivity index (χ3n) is 5.53. The number of carboxylic acids is 2. The van der Waals surface area contributed by atoms with Gasteiger partial charge < -0.3 is 24.6 Å². The number of urea groups is 1. The van der Waals surface area contributed by atoms with Gasteiger partial charge in [-0.05, 0) is 53.0 Å². The van der Waals surface area contributed by atoms with Crippen LogP contribution in [0.3, 0.4) is 0 Å². The van der Waals surface area contributed by atoms with E-state index in [1.807, 2.05) is 30.3 Å². The van der Waals surface area contributed by atoms with Crippen LogP contribution in [0.15, 0.2) is 42.5 Å². The molecule has 1 aromatic carbocycles. The Balaban J connectivity index is 0.000000915. The summed E-state index contributed by atoms with van der Waals surface area (Å²) in [5.41, 5.74) is 0.292. The third kappa shape index (κ3) is 12.2. The fourth-order valence-corrected chi connectivity index (χ4v) is 3.73. The highest BCUT2D eigenvalue weighted by Gasteiger charge is 2.46. The number of aryl methyl sites for hydroxylation is 1. The van der Waals surface area contributed by atoms with Crippen molar-refractivity contribution >= 4 is 35.8 Å². The number of hydrogen-bond acceptors (Lipinski definition) is 9. The second-order valence-corrected chi connectivity index (χ2v) is 10.1. The maximum Gasteiger partial charge on any atom is 0.331 e. The number of benzene rings is 1. The topological polar surface area (TPSA) is 180 Å². The molecule has 1 heterocycles. The third-order valence-corrected chi connectivity index (χ3v) is 5.53. The number of aliphatic carboxylic acids is 2. The number of hydrogen-bond donors (Lipinski definition) is 3. The number of nitrogens with zero attached hydrogens (tertiary/aromatic N) is 2. The highest BCUT2D eigenvalue weighted by molar-refractivity contribution is 6.03. The average Bonchev–Trinajstić information content (AvgIpc) is 3.18. The summed E-state index contributed by atoms with van der Waals surface area (Å²) in [4.78, 5) is 72.4. The number of rotatable bonds is 11. The van der Waals surface area contributed by atoms with Gasteiger partial charge in [0.25, 0.3) is 0 Å². The fourth-order valence-electron chi connectivity index (χ4n) is 3.73. The minimum atomic E-state index is -1.26. The van der Waals surface area contributed by atoms with E-state index >= 15 is 0 Å². The normalized spacial score (nSPS) is 16.4. The van der Waals surface area contributed by atoms with E-state index in [-0.39, 0.29) is 13.2 Å². The molecule has 3 atom stereocenters. The molecule has 2 rings (SSSR count). The predicted molar refractivity (Wildman–Crippen MR) is 147 cm³/mol. The summed E-state index contributed by atoms with van der Waals surface area (Å²) in [7, 11) is 1.52. The van der Waals surface area contributed by atoms with Crippen molar-refractivity contribution < 1.29 is 48.5 Å². The van der Waals surface area contributed by atoms with Crippen molar-refractivity contribution in [2.75, 3.05) is 20.2 Å². The largest absolute Gasteiger partial charge is 0.478 e. The first kappa shape index (κ1) is 34.8. The van der Waals surface area contributed by atoms with Crippen LogP contribution in [0.2, 0.25) is 0 Å². The molecule has 0 aromatic heterocycles. The Bertz CT molecular complexity index is 1100. The van der Waals surface area contributed by atoms with Crippen LogP contribution < -0.4 is 5.32 Å². The van der Waals surface area contributed by atoms with E-state index in [0.29, 0.717) is 25.0 Å². The van der Waals surface area contributed by atoms with Crippen molar-refractivity contribution in [3.8, 4) is 0 Å². The molecule has 226 valence electrons. The number of carbonyl (C=O) groups is 6. The summed E-state index contributed by atoms with van der Waals surface area (Å²) in [6.45, 7) is 8.69. The minimum Gasteiger partial charge on any atom is -0.478 e. The Morgan fingerprint density at radius 3 is 2.12 bits per heavy atom. The summed E-state index contributed by atoms with van der Waals surface area (Å²) in [6.07, 6.45) is 2.12. The number of nitrogens with one attached hydrogen (secondary N) is 1. The van der Waals surface area contributed by atoms with Gasteiger partial charge in [0.2, 0.25) is 5.91 Å². The van der Waals surface area contributed by atoms with Crippen molar-refractivity contribution in [2.24, 2.45) is 0 Å². The number of amides is 3. The van der Waals surface area contributed by atoms with Gasteiger partial charge in [0.05, 0.1) is 19.2 Å². The molecule has 1 aliphatic rings. The van der Waals surface area contributed by atoms with Crippen LogP contribution in [0.25, 0.3) is 0 Å². The van der Waals surface area contributed by atoms with Gasteiger partial charge >= 0.3 is 29.9 Å². The first-order chi connectivity index (χ1) is 19.1. The Morgan fingerprint density at radius 2 is 1.63 bits per heavy atom. The molecule has 1 aliphatic heterocycles. The summed E-state index contributed by atoms with van der Waals surface area (Å²) < 4.78 is 10.6. The SMILES string of the molecule is CCOC(=O)[C@H](CCc1ccccc1)N[C@@H](C)C(=O)N1C(=O)N(C)C[C@H]1C(=O)OC(C)(C)C.O=C(O)/C=C\C(=O)O. The van der Waals surface area contributed by atoms with Crippen LogP contribution in [0.5, 0.6) is 0 Å². The molecule has 3 amide bonds. The molecule has 41 heavy (non-hydrogen) atoms. The van der Waals surface area contributed by atoms with Gasteiger partial charge in [-0.1, -0.05) is 30.3 Å². The van der Waals surface area contributed by atoms with Crippen molar-refractivity contribution in [1.82, 2.24) is 15.1 Å². The molecule has 1 fully saturated rings. The molecule has 0 bridgehead atoms. The van der Waals surface area contributed by atoms with E-state index in [4.69, 9.17) is 19.7 Å². The first-order valence-electron chi connectivity index (χ1n) is 13.0. The van der Waals surface area contributed by atoms with E-state index in [9.17, 15) is 28.8 Å². The smallest absolute Gasteiger partial charge is 0.331 e. The van der Waals surface area contributed by atoms with Gasteiger partial charge in [-0.2, -0.15) is 0 Å². The lowest BCUT2D eigenvalue weighted by Gasteiger charge is -2.28. The van der Waals surface area contributed by atoms with Gasteiger partial charge in [-0.25, -0.2) is 24.1 Å². The Hall–Kier alpha value is -4.26. The monoisotopic (exact) mass is 577 g/mol. The summed E-state index contributed by atoms with van der Waals surface area (Å²) in [5.74, 6) is -4.23. The Labute approximate surface area is 239 Å². The van der Waals surface area contributed by atoms with Gasteiger partial charge in [-0.3, -0.25) is 14.9 Å². The molecular weight excluding hydrogens is 538 g/mol. The maximum absolute atomic E-state index is 13.2. The number of imide groups is 1. The molecular formula is C28H39N3O10. The second-order valence-electron chi connectivity index (χ2n) is 10.1. The quantitative estimate of drug-likeness (QED) is 0.258. The molecule has 1 saturated heterocycles. The molecule has 13 nitrogen and oxygen atoms in total. The molecule has 3 N–H and O–H groups in total. The van der Waals surface area contributed by atoms with E-state index < -0.39 is 59.5 Å². The van der Waals surface area contributed by atoms with Gasteiger partial charge in [0.15, 0.2) is 6.04 Å². The highest BCUT2D eigenvalue weighted by atomic mass is 16.6. The van der Waals surface area contributed by atoms with Gasteiger partial charge in [0.1, 0.15) is 11.6 Å². The van der Waals surface area contributed by atoms with Crippen molar-refractivity contribution in [1.29, 1.82) is 0 Å². The molecule has 0 unspecified atom stereocenters. The van der Waals surface area contributed by atoms with Gasteiger partial charge in [-0.15, -0.1) is 0 Å². The van der Waals surface area contributed by atoms with Crippen LogP contribution in [0.1, 0.15) is 46.6 Å². The molecule has 0 radical (unpaired) electrons. The number of esters is 2. The van der Waals surface area contributed by atoms with Crippen LogP contribution in [-0.4, -0.2) is 99.8 Å². The lowest BCUT2D eigenvalue weighted by Crippen LogP contribution is -2.55. The van der Waals surface area contributed by atoms with Crippen LogP contribution >= 0.6 is 0 Å². The van der Waals surface area contributed by atoms with Crippen LogP contribution in [0.4, 0.5) is 4.79 Å². The van der Waals surface area contributed by atoms with Crippen molar-refractivity contribution in [3.05, 3.63) is 48.0 Å². The summed E-state index contributed by atoms with van der Waals surface area (Å²) in [5, 5.41) is 18.6. The van der Waals surface area contributed by atoms with Crippen molar-refractivity contribution in [3.63, 3.8) is 0 Å². The fraction of sp³-hybridized carbons (Fsp3) is 0.500. The Kier molecular flexibility index (Phi) is 13.7. The summed E-state index contributed by atoms with van der Waals surface area (Å²) >= 11 is 0. The predicted octanol–water partition coefficient (Wildman–Crippen LogP) is 1.85. The molecule has 13 heteroatoms. The first-order valence-corrected chi connectivity index (χ1v) is 13.0. The van der Waals surface area contributed by atoms with E-state index in [1.54, 1.807) is 34.6 Å². The summed E-state index contributed by atoms with van der Waals surface area (Å²) in [6, 6.07) is 6.37. The van der Waals surface area contributed by atoms with Crippen LogP contribution in [0, 0.1) is 0 Å². The zero-order valence-corrected chi connectivity index (χ0v) is 24.2.